The van der Waals surface area contributed by atoms with Gasteiger partial charge in [-0.1, -0.05) is 29.8 Å². The Bertz CT molecular complexity index is 780. The molecule has 24 heavy (non-hydrogen) atoms. The van der Waals surface area contributed by atoms with Gasteiger partial charge < -0.3 is 15.2 Å². The molecule has 3 N–H and O–H groups in total. The average Bonchev–Trinajstić information content (AvgIpc) is 2.52. The Kier molecular flexibility index (Phi) is 6.38. The van der Waals surface area contributed by atoms with Crippen LogP contribution in [0.1, 0.15) is 21.5 Å². The zero-order valence-electron chi connectivity index (χ0n) is 13.3. The first kappa shape index (κ1) is 18.5. The Morgan fingerprint density at radius 1 is 1.33 bits per heavy atom. The predicted molar refractivity (Wildman–Crippen MR) is 105 cm³/mol. The second-order valence-electron chi connectivity index (χ2n) is 5.09. The monoisotopic (exact) mass is 456 g/mol. The van der Waals surface area contributed by atoms with E-state index in [1.165, 1.54) is 12.7 Å². The molecule has 1 amide bonds. The molecule has 2 rings (SSSR count). The summed E-state index contributed by atoms with van der Waals surface area (Å²) in [5, 5.41) is 2.32. The van der Waals surface area contributed by atoms with Crippen molar-refractivity contribution in [2.75, 3.05) is 7.11 Å². The van der Waals surface area contributed by atoms with Crippen LogP contribution in [0.25, 0.3) is 0 Å². The fourth-order valence-corrected chi connectivity index (χ4v) is 2.98. The van der Waals surface area contributed by atoms with Gasteiger partial charge in [0.15, 0.2) is 16.6 Å². The Morgan fingerprint density at radius 2 is 2.08 bits per heavy atom. The summed E-state index contributed by atoms with van der Waals surface area (Å²) in [6.45, 7) is 2.44. The fourth-order valence-electron chi connectivity index (χ4n) is 2.13. The highest BCUT2D eigenvalue weighted by atomic mass is 127. The largest absolute Gasteiger partial charge is 0.493 e. The van der Waals surface area contributed by atoms with Gasteiger partial charge in [-0.15, -0.1) is 0 Å². The molecule has 0 aliphatic heterocycles. The van der Waals surface area contributed by atoms with Gasteiger partial charge in [0.05, 0.1) is 10.7 Å². The number of aryl methyl sites for hydroxylation is 1. The standard InChI is InChI=1S/C17H17IN2O3S/c1-10-4-3-5-11(6-10)9-23-15-13(18)7-12(8-14(15)22-2)16(21)20-17(19)24/h3-8H,9H2,1-2H3,(H3,19,20,21,24). The second-order valence-corrected chi connectivity index (χ2v) is 6.69. The van der Waals surface area contributed by atoms with E-state index in [9.17, 15) is 4.79 Å². The van der Waals surface area contributed by atoms with Gasteiger partial charge in [0.25, 0.3) is 5.91 Å². The van der Waals surface area contributed by atoms with Crippen LogP contribution in [0.4, 0.5) is 0 Å². The summed E-state index contributed by atoms with van der Waals surface area (Å²) in [5.41, 5.74) is 7.96. The van der Waals surface area contributed by atoms with Crippen LogP contribution in [0.3, 0.4) is 0 Å². The molecule has 0 atom stereocenters. The van der Waals surface area contributed by atoms with E-state index in [1.54, 1.807) is 12.1 Å². The lowest BCUT2D eigenvalue weighted by Crippen LogP contribution is -2.34. The Balaban J connectivity index is 2.23. The summed E-state index contributed by atoms with van der Waals surface area (Å²) in [7, 11) is 1.53. The maximum absolute atomic E-state index is 12.0. The lowest BCUT2D eigenvalue weighted by Gasteiger charge is -2.14. The maximum atomic E-state index is 12.0. The highest BCUT2D eigenvalue weighted by molar-refractivity contribution is 14.1. The van der Waals surface area contributed by atoms with E-state index in [2.05, 4.69) is 46.2 Å². The van der Waals surface area contributed by atoms with Crippen molar-refractivity contribution in [2.45, 2.75) is 13.5 Å². The number of nitrogens with one attached hydrogen (secondary N) is 1. The third-order valence-electron chi connectivity index (χ3n) is 3.19. The number of carbonyl (C=O) groups is 1. The summed E-state index contributed by atoms with van der Waals surface area (Å²) < 4.78 is 12.0. The summed E-state index contributed by atoms with van der Waals surface area (Å²) >= 11 is 6.79. The van der Waals surface area contributed by atoms with Crippen LogP contribution in [0.5, 0.6) is 11.5 Å². The Morgan fingerprint density at radius 3 is 2.71 bits per heavy atom. The Hall–Kier alpha value is -1.87. The number of methoxy groups -OCH3 is 1. The van der Waals surface area contributed by atoms with E-state index >= 15 is 0 Å². The van der Waals surface area contributed by atoms with Crippen LogP contribution in [0.15, 0.2) is 36.4 Å². The van der Waals surface area contributed by atoms with Crippen molar-refractivity contribution in [3.8, 4) is 11.5 Å². The molecule has 5 nitrogen and oxygen atoms in total. The molecule has 2 aromatic carbocycles. The van der Waals surface area contributed by atoms with Crippen molar-refractivity contribution in [3.05, 3.63) is 56.7 Å². The van der Waals surface area contributed by atoms with E-state index < -0.39 is 0 Å². The molecule has 126 valence electrons. The van der Waals surface area contributed by atoms with Gasteiger partial charge in [-0.2, -0.15) is 0 Å². The first-order chi connectivity index (χ1) is 11.4. The van der Waals surface area contributed by atoms with Crippen molar-refractivity contribution in [2.24, 2.45) is 5.73 Å². The summed E-state index contributed by atoms with van der Waals surface area (Å²) in [6, 6.07) is 11.4. The topological polar surface area (TPSA) is 73.6 Å². The molecule has 0 aliphatic carbocycles. The molecule has 2 aromatic rings. The second kappa shape index (κ2) is 8.29. The number of thiocarbonyl (C=S) groups is 1. The van der Waals surface area contributed by atoms with Gasteiger partial charge in [-0.05, 0) is 59.4 Å². The molecule has 0 saturated heterocycles. The first-order valence-electron chi connectivity index (χ1n) is 7.07. The number of halogens is 1. The minimum atomic E-state index is -0.385. The van der Waals surface area contributed by atoms with Crippen molar-refractivity contribution >= 4 is 45.8 Å². The van der Waals surface area contributed by atoms with Crippen LogP contribution in [0.2, 0.25) is 0 Å². The number of rotatable bonds is 5. The van der Waals surface area contributed by atoms with E-state index in [-0.39, 0.29) is 11.0 Å². The van der Waals surface area contributed by atoms with Gasteiger partial charge >= 0.3 is 0 Å². The van der Waals surface area contributed by atoms with E-state index in [0.29, 0.717) is 23.7 Å². The van der Waals surface area contributed by atoms with Crippen LogP contribution >= 0.6 is 34.8 Å². The molecule has 0 heterocycles. The van der Waals surface area contributed by atoms with Gasteiger partial charge in [0.1, 0.15) is 6.61 Å². The van der Waals surface area contributed by atoms with E-state index in [0.717, 1.165) is 9.13 Å². The number of hydrogen-bond donors (Lipinski definition) is 2. The van der Waals surface area contributed by atoms with Crippen molar-refractivity contribution in [3.63, 3.8) is 0 Å². The molecule has 0 aromatic heterocycles. The van der Waals surface area contributed by atoms with Crippen LogP contribution in [0, 0.1) is 10.5 Å². The average molecular weight is 456 g/mol. The minimum absolute atomic E-state index is 0.0752. The van der Waals surface area contributed by atoms with Crippen LogP contribution in [-0.4, -0.2) is 18.1 Å². The number of carbonyl (C=O) groups excluding carboxylic acids is 1. The third kappa shape index (κ3) is 4.81. The van der Waals surface area contributed by atoms with Gasteiger partial charge in [-0.25, -0.2) is 0 Å². The normalized spacial score (nSPS) is 10.1. The van der Waals surface area contributed by atoms with Crippen LogP contribution in [-0.2, 0) is 6.61 Å². The molecule has 0 fully saturated rings. The van der Waals surface area contributed by atoms with Gasteiger partial charge in [-0.3, -0.25) is 10.1 Å². The van der Waals surface area contributed by atoms with Gasteiger partial charge in [0, 0.05) is 5.56 Å². The van der Waals surface area contributed by atoms with Gasteiger partial charge in [0.2, 0.25) is 0 Å². The van der Waals surface area contributed by atoms with E-state index in [1.807, 2.05) is 25.1 Å². The third-order valence-corrected chi connectivity index (χ3v) is 4.10. The smallest absolute Gasteiger partial charge is 0.257 e. The van der Waals surface area contributed by atoms with Crippen molar-refractivity contribution in [1.82, 2.24) is 5.32 Å². The number of benzene rings is 2. The molecule has 0 unspecified atom stereocenters. The summed E-state index contributed by atoms with van der Waals surface area (Å²) in [6.07, 6.45) is 0. The fraction of sp³-hybridized carbons (Fsp3) is 0.176. The SMILES string of the molecule is COc1cc(C(=O)NC(N)=S)cc(I)c1OCc1cccc(C)c1. The quantitative estimate of drug-likeness (QED) is 0.534. The zero-order valence-corrected chi connectivity index (χ0v) is 16.2. The number of ether oxygens (including phenoxy) is 2. The van der Waals surface area contributed by atoms with Crippen molar-refractivity contribution in [1.29, 1.82) is 0 Å². The molecule has 0 radical (unpaired) electrons. The Labute approximate surface area is 159 Å². The minimum Gasteiger partial charge on any atom is -0.493 e. The molecule has 0 bridgehead atoms. The zero-order chi connectivity index (χ0) is 17.7. The highest BCUT2D eigenvalue weighted by Gasteiger charge is 2.16. The number of amides is 1. The molecule has 7 heteroatoms. The van der Waals surface area contributed by atoms with Crippen LogP contribution < -0.4 is 20.5 Å². The molecular formula is C17H17IN2O3S. The molecular weight excluding hydrogens is 439 g/mol. The molecule has 0 spiro atoms. The number of nitrogens with two attached hydrogens (primary N) is 1. The highest BCUT2D eigenvalue weighted by Crippen LogP contribution is 2.34. The van der Waals surface area contributed by atoms with Crippen molar-refractivity contribution < 1.29 is 14.3 Å². The summed E-state index contributed by atoms with van der Waals surface area (Å²) in [5.74, 6) is 0.679. The summed E-state index contributed by atoms with van der Waals surface area (Å²) in [4.78, 5) is 12.0. The lowest BCUT2D eigenvalue weighted by atomic mass is 10.1. The molecule has 0 saturated carbocycles. The molecule has 0 aliphatic rings. The lowest BCUT2D eigenvalue weighted by molar-refractivity contribution is 0.0977. The van der Waals surface area contributed by atoms with E-state index in [4.69, 9.17) is 15.2 Å². The predicted octanol–water partition coefficient (Wildman–Crippen LogP) is 3.16. The first-order valence-corrected chi connectivity index (χ1v) is 8.56. The number of hydrogen-bond acceptors (Lipinski definition) is 4. The maximum Gasteiger partial charge on any atom is 0.257 e.